The summed E-state index contributed by atoms with van der Waals surface area (Å²) in [6, 6.07) is 5.03. The normalized spacial score (nSPS) is 32.0. The SMILES string of the molecule is C=C[C@@]12CCc3cc(NS(=O)(=O)O)ccc3[C@H]1[C@@H](CCCCCC(O)C(F)(F)C(F)(F)C(F)(F)F)C[C@@]1(C)[C@H]2CC[C@@H]1O. The third kappa shape index (κ3) is 5.93. The van der Waals surface area contributed by atoms with Gasteiger partial charge in [0.15, 0.2) is 0 Å². The first-order valence-electron chi connectivity index (χ1n) is 14.4. The molecule has 0 spiro atoms. The van der Waals surface area contributed by atoms with Gasteiger partial charge in [-0.3, -0.25) is 9.27 Å². The standard InChI is InChI=1S/C29H38F7NO5S/c1-3-26-14-13-17-15-19(37-43(40,41)42)9-10-20(17)24(26)18(16-25(2)21(26)11-12-22(25)38)7-5-4-6-8-23(39)27(30,31)28(32,33)29(34,35)36/h3,9-10,15,18,21-24,37-39H,1,4-8,11-14,16H2,2H3,(H,40,41,42)/t18-,21+,22-,23?,24+,25-,26-/m0/s1. The molecule has 3 aliphatic rings. The van der Waals surface area contributed by atoms with Crippen LogP contribution in [0, 0.1) is 22.7 Å². The number of aliphatic hydroxyl groups is 2. The fourth-order valence-corrected chi connectivity index (χ4v) is 8.84. The summed E-state index contributed by atoms with van der Waals surface area (Å²) >= 11 is 0. The van der Waals surface area contributed by atoms with Gasteiger partial charge >= 0.3 is 28.3 Å². The molecule has 0 amide bonds. The second kappa shape index (κ2) is 11.5. The largest absolute Gasteiger partial charge is 0.459 e. The van der Waals surface area contributed by atoms with Crippen LogP contribution in [-0.4, -0.2) is 53.4 Å². The number of nitrogens with one attached hydrogen (secondary N) is 1. The maximum absolute atomic E-state index is 13.8. The summed E-state index contributed by atoms with van der Waals surface area (Å²) in [5, 5.41) is 20.6. The number of alkyl halides is 7. The van der Waals surface area contributed by atoms with Gasteiger partial charge in [0.1, 0.15) is 6.10 Å². The van der Waals surface area contributed by atoms with Crippen LogP contribution in [0.3, 0.4) is 0 Å². The van der Waals surface area contributed by atoms with Crippen molar-refractivity contribution in [3.63, 3.8) is 0 Å². The molecule has 2 saturated carbocycles. The first-order valence-corrected chi connectivity index (χ1v) is 15.9. The summed E-state index contributed by atoms with van der Waals surface area (Å²) in [7, 11) is -4.49. The molecule has 6 nitrogen and oxygen atoms in total. The quantitative estimate of drug-likeness (QED) is 0.0894. The van der Waals surface area contributed by atoms with Gasteiger partial charge in [0, 0.05) is 0 Å². The first kappa shape index (κ1) is 34.0. The van der Waals surface area contributed by atoms with E-state index in [4.69, 9.17) is 0 Å². The summed E-state index contributed by atoms with van der Waals surface area (Å²) in [5.41, 5.74) is 1.24. The zero-order chi connectivity index (χ0) is 32.2. The van der Waals surface area contributed by atoms with Crippen molar-refractivity contribution >= 4 is 16.0 Å². The predicted octanol–water partition coefficient (Wildman–Crippen LogP) is 7.04. The Bertz CT molecular complexity index is 1310. The maximum Gasteiger partial charge on any atom is 0.459 e. The van der Waals surface area contributed by atoms with Crippen LogP contribution in [0.4, 0.5) is 36.4 Å². The van der Waals surface area contributed by atoms with E-state index in [9.17, 15) is 53.9 Å². The van der Waals surface area contributed by atoms with Crippen LogP contribution in [0.15, 0.2) is 30.9 Å². The van der Waals surface area contributed by atoms with Crippen molar-refractivity contribution in [3.05, 3.63) is 42.0 Å². The number of hydrogen-bond acceptors (Lipinski definition) is 4. The Labute approximate surface area is 246 Å². The van der Waals surface area contributed by atoms with Gasteiger partial charge in [0.25, 0.3) is 0 Å². The van der Waals surface area contributed by atoms with E-state index < -0.39 is 57.8 Å². The lowest BCUT2D eigenvalue weighted by atomic mass is 9.44. The van der Waals surface area contributed by atoms with Gasteiger partial charge in [-0.25, -0.2) is 0 Å². The van der Waals surface area contributed by atoms with E-state index in [2.05, 4.69) is 18.2 Å². The summed E-state index contributed by atoms with van der Waals surface area (Å²) in [4.78, 5) is 0. The lowest BCUT2D eigenvalue weighted by molar-refractivity contribution is -0.371. The molecule has 1 aromatic rings. The lowest BCUT2D eigenvalue weighted by Crippen LogP contribution is -2.57. The fourth-order valence-electron chi connectivity index (χ4n) is 8.42. The number of hydrogen-bond donors (Lipinski definition) is 4. The third-order valence-corrected chi connectivity index (χ3v) is 10.9. The van der Waals surface area contributed by atoms with Crippen molar-refractivity contribution in [3.8, 4) is 0 Å². The summed E-state index contributed by atoms with van der Waals surface area (Å²) in [6.07, 6.45) is -4.94. The molecule has 14 heteroatoms. The molecular formula is C29H38F7NO5S. The summed E-state index contributed by atoms with van der Waals surface area (Å²) in [6.45, 7) is 6.25. The number of allylic oxidation sites excluding steroid dienone is 1. The van der Waals surface area contributed by atoms with E-state index in [1.807, 2.05) is 12.1 Å². The zero-order valence-electron chi connectivity index (χ0n) is 23.7. The molecule has 0 bridgehead atoms. The molecule has 244 valence electrons. The Balaban J connectivity index is 1.53. The molecule has 2 fully saturated rings. The minimum absolute atomic E-state index is 0.0487. The lowest BCUT2D eigenvalue weighted by Gasteiger charge is -2.60. The number of halogens is 7. The molecule has 0 aromatic heterocycles. The van der Waals surface area contributed by atoms with Crippen LogP contribution < -0.4 is 4.72 Å². The second-order valence-electron chi connectivity index (χ2n) is 12.7. The van der Waals surface area contributed by atoms with E-state index in [0.29, 0.717) is 38.5 Å². The monoisotopic (exact) mass is 645 g/mol. The molecule has 1 aromatic carbocycles. The van der Waals surface area contributed by atoms with Gasteiger partial charge < -0.3 is 10.2 Å². The van der Waals surface area contributed by atoms with Gasteiger partial charge in [0.2, 0.25) is 0 Å². The molecule has 0 heterocycles. The van der Waals surface area contributed by atoms with Gasteiger partial charge in [0.05, 0.1) is 11.8 Å². The number of aryl methyl sites for hydroxylation is 1. The molecule has 0 aliphatic heterocycles. The number of benzene rings is 1. The molecule has 4 N–H and O–H groups in total. The Morgan fingerprint density at radius 2 is 1.79 bits per heavy atom. The van der Waals surface area contributed by atoms with Crippen LogP contribution in [0.5, 0.6) is 0 Å². The molecule has 7 atom stereocenters. The molecular weight excluding hydrogens is 607 g/mol. The van der Waals surface area contributed by atoms with Crippen LogP contribution in [0.25, 0.3) is 0 Å². The van der Waals surface area contributed by atoms with Crippen molar-refractivity contribution in [1.29, 1.82) is 0 Å². The van der Waals surface area contributed by atoms with E-state index in [-0.39, 0.29) is 36.3 Å². The summed E-state index contributed by atoms with van der Waals surface area (Å²) < 4.78 is 126. The van der Waals surface area contributed by atoms with Crippen molar-refractivity contribution in [1.82, 2.24) is 0 Å². The van der Waals surface area contributed by atoms with Crippen LogP contribution in [0.1, 0.15) is 81.8 Å². The number of rotatable bonds is 11. The first-order chi connectivity index (χ1) is 19.7. The van der Waals surface area contributed by atoms with E-state index in [0.717, 1.165) is 17.5 Å². The number of unbranched alkanes of at least 4 members (excludes halogenated alkanes) is 2. The Morgan fingerprint density at radius 3 is 2.40 bits per heavy atom. The Hall–Kier alpha value is -1.90. The minimum atomic E-state index is -6.51. The Morgan fingerprint density at radius 1 is 1.12 bits per heavy atom. The molecule has 0 saturated heterocycles. The molecule has 1 unspecified atom stereocenters. The highest BCUT2D eigenvalue weighted by Gasteiger charge is 2.75. The average molecular weight is 646 g/mol. The smallest absolute Gasteiger partial charge is 0.393 e. The van der Waals surface area contributed by atoms with Gasteiger partial charge in [-0.05, 0) is 96.8 Å². The highest BCUT2D eigenvalue weighted by atomic mass is 32.2. The van der Waals surface area contributed by atoms with Gasteiger partial charge in [-0.2, -0.15) is 39.2 Å². The molecule has 0 radical (unpaired) electrons. The average Bonchev–Trinajstić information content (AvgIpc) is 3.20. The zero-order valence-corrected chi connectivity index (χ0v) is 24.5. The molecule has 4 rings (SSSR count). The van der Waals surface area contributed by atoms with E-state index >= 15 is 0 Å². The second-order valence-corrected chi connectivity index (χ2v) is 13.9. The predicted molar refractivity (Wildman–Crippen MR) is 145 cm³/mol. The number of anilines is 1. The highest BCUT2D eigenvalue weighted by Crippen LogP contribution is 2.69. The molecule has 43 heavy (non-hydrogen) atoms. The number of fused-ring (bicyclic) bond motifs is 5. The van der Waals surface area contributed by atoms with Crippen LogP contribution in [-0.2, 0) is 16.7 Å². The third-order valence-electron chi connectivity index (χ3n) is 10.4. The molecule has 3 aliphatic carbocycles. The van der Waals surface area contributed by atoms with E-state index in [1.54, 1.807) is 12.1 Å². The maximum atomic E-state index is 13.8. The van der Waals surface area contributed by atoms with Gasteiger partial charge in [-0.15, -0.1) is 6.58 Å². The van der Waals surface area contributed by atoms with E-state index in [1.165, 1.54) is 0 Å². The summed E-state index contributed by atoms with van der Waals surface area (Å²) in [5.74, 6) is -12.1. The fraction of sp³-hybridized carbons (Fsp3) is 0.724. The van der Waals surface area contributed by atoms with Crippen molar-refractivity contribution in [2.75, 3.05) is 4.72 Å². The van der Waals surface area contributed by atoms with Crippen molar-refractivity contribution < 1.29 is 53.9 Å². The number of aliphatic hydroxyl groups excluding tert-OH is 2. The van der Waals surface area contributed by atoms with Crippen LogP contribution >= 0.6 is 0 Å². The van der Waals surface area contributed by atoms with Crippen molar-refractivity contribution in [2.24, 2.45) is 22.7 Å². The van der Waals surface area contributed by atoms with Gasteiger partial charge in [-0.1, -0.05) is 38.3 Å². The Kier molecular flexibility index (Phi) is 9.07. The van der Waals surface area contributed by atoms with Crippen molar-refractivity contribution in [2.45, 2.75) is 107 Å². The minimum Gasteiger partial charge on any atom is -0.393 e. The highest BCUT2D eigenvalue weighted by molar-refractivity contribution is 7.87. The van der Waals surface area contributed by atoms with Crippen LogP contribution in [0.2, 0.25) is 0 Å². The topological polar surface area (TPSA) is 107 Å².